The van der Waals surface area contributed by atoms with E-state index < -0.39 is 0 Å². The molecule has 0 radical (unpaired) electrons. The first-order valence-corrected chi connectivity index (χ1v) is 3.31. The maximum Gasteiger partial charge on any atom is 0.427 e. The molecule has 0 aromatic rings. The number of nitrogens with zero attached hydrogens (tertiary/aromatic N) is 1. The molecule has 0 aromatic heterocycles. The van der Waals surface area contributed by atoms with Gasteiger partial charge < -0.3 is 0 Å². The van der Waals surface area contributed by atoms with E-state index in [1.54, 1.807) is 6.08 Å². The number of carbonyl (C=O) groups excluding carboxylic acids is 1. The Morgan fingerprint density at radius 3 is 3.09 bits per heavy atom. The Labute approximate surface area is 64.7 Å². The number of isocyanates is 1. The van der Waals surface area contributed by atoms with Crippen molar-refractivity contribution < 1.29 is 19.1 Å². The van der Waals surface area contributed by atoms with Gasteiger partial charge in [0.05, 0.1) is 0 Å². The smallest absolute Gasteiger partial charge is 0.226 e. The molecule has 60 valence electrons. The first-order valence-electron chi connectivity index (χ1n) is 3.31. The monoisotopic (exact) mass is 156 g/mol. The van der Waals surface area contributed by atoms with Crippen molar-refractivity contribution in [2.45, 2.75) is 13.2 Å². The van der Waals surface area contributed by atoms with Gasteiger partial charge in [0.25, 0.3) is 0 Å². The van der Waals surface area contributed by atoms with E-state index in [4.69, 9.17) is 9.78 Å². The summed E-state index contributed by atoms with van der Waals surface area (Å²) in [5.74, 6) is 0. The molecule has 1 unspecified atom stereocenters. The maximum absolute atomic E-state index is 9.92. The molecule has 11 heavy (non-hydrogen) atoms. The lowest BCUT2D eigenvalue weighted by atomic mass is 10.4. The molecule has 0 aliphatic carbocycles. The summed E-state index contributed by atoms with van der Waals surface area (Å²) in [6.45, 7) is 6.38. The van der Waals surface area contributed by atoms with Crippen LogP contribution < -0.4 is 0 Å². The zero-order valence-electron chi connectivity index (χ0n) is 6.37. The molecule has 1 rings (SSSR count). The molecule has 1 aliphatic rings. The fourth-order valence-electron chi connectivity index (χ4n) is 0.513. The molecule has 1 saturated heterocycles. The lowest BCUT2D eigenvalue weighted by molar-refractivity contribution is -0.465. The summed E-state index contributed by atoms with van der Waals surface area (Å²) in [6.07, 6.45) is 1.45. The Morgan fingerprint density at radius 2 is 2.64 bits per heavy atom. The van der Waals surface area contributed by atoms with Gasteiger partial charge in [-0.05, 0) is 6.92 Å². The quantitative estimate of drug-likeness (QED) is 0.146. The summed E-state index contributed by atoms with van der Waals surface area (Å²) in [4.78, 5) is 19.4. The Morgan fingerprint density at radius 1 is 1.91 bits per heavy atom. The summed E-state index contributed by atoms with van der Waals surface area (Å²) < 4.78 is 1.36. The minimum absolute atomic E-state index is 0.230. The number of hydrogen-bond acceptors (Lipinski definition) is 3. The minimum atomic E-state index is -0.230. The van der Waals surface area contributed by atoms with Gasteiger partial charge in [0.1, 0.15) is 6.61 Å². The van der Waals surface area contributed by atoms with Gasteiger partial charge >= 0.3 is 12.3 Å². The third-order valence-corrected chi connectivity index (χ3v) is 1.17. The number of rotatable bonds is 4. The highest BCUT2D eigenvalue weighted by atomic mass is 17.2. The highest BCUT2D eigenvalue weighted by Crippen LogP contribution is 2.09. The van der Waals surface area contributed by atoms with Crippen LogP contribution in [0.1, 0.15) is 6.92 Å². The average molecular weight is 156 g/mol. The van der Waals surface area contributed by atoms with Gasteiger partial charge in [-0.25, -0.2) is 4.89 Å². The van der Waals surface area contributed by atoms with Crippen molar-refractivity contribution in [1.82, 2.24) is 0 Å². The molecule has 0 N–H and O–H groups in total. The van der Waals surface area contributed by atoms with Crippen molar-refractivity contribution in [2.75, 3.05) is 13.2 Å². The second-order valence-electron chi connectivity index (χ2n) is 2.51. The van der Waals surface area contributed by atoms with Crippen molar-refractivity contribution >= 4 is 6.08 Å². The van der Waals surface area contributed by atoms with E-state index in [0.717, 1.165) is 5.57 Å². The molecule has 1 heterocycles. The molecule has 1 atom stereocenters. The van der Waals surface area contributed by atoms with Crippen molar-refractivity contribution in [1.29, 1.82) is 0 Å². The molecule has 4 heteroatoms. The Kier molecular flexibility index (Phi) is 2.54. The molecule has 1 fully saturated rings. The van der Waals surface area contributed by atoms with Crippen molar-refractivity contribution in [3.8, 4) is 0 Å². The predicted molar refractivity (Wildman–Crippen MR) is 36.5 cm³/mol. The van der Waals surface area contributed by atoms with E-state index in [9.17, 15) is 4.79 Å². The molecular formula is C7H10NO3+. The molecular weight excluding hydrogens is 146 g/mol. The second kappa shape index (κ2) is 3.44. The normalized spacial score (nSPS) is 21.2. The summed E-state index contributed by atoms with van der Waals surface area (Å²) >= 11 is 0. The van der Waals surface area contributed by atoms with Crippen LogP contribution in [0.5, 0.6) is 0 Å². The third kappa shape index (κ3) is 2.63. The highest BCUT2D eigenvalue weighted by molar-refractivity contribution is 5.26. The minimum Gasteiger partial charge on any atom is -0.226 e. The first-order chi connectivity index (χ1) is 5.24. The van der Waals surface area contributed by atoms with E-state index in [1.807, 2.05) is 6.92 Å². The zero-order chi connectivity index (χ0) is 8.27. The van der Waals surface area contributed by atoms with Gasteiger partial charge in [-0.3, -0.25) is 0 Å². The summed E-state index contributed by atoms with van der Waals surface area (Å²) in [6, 6.07) is 0. The standard InChI is InChI=1S/C7H10NO3/c1-6(2)4-10-11-7-3-8(7)5-9/h7H,1,3-4H2,2H3/q+1. The van der Waals surface area contributed by atoms with Crippen molar-refractivity contribution in [3.63, 3.8) is 0 Å². The molecule has 0 spiro atoms. The largest absolute Gasteiger partial charge is 0.427 e. The molecule has 0 bridgehead atoms. The average Bonchev–Trinajstić information content (AvgIpc) is 2.66. The molecule has 0 amide bonds. The van der Waals surface area contributed by atoms with Gasteiger partial charge in [-0.15, -0.1) is 4.58 Å². The van der Waals surface area contributed by atoms with E-state index in [0.29, 0.717) is 13.2 Å². The van der Waals surface area contributed by atoms with E-state index in [1.165, 1.54) is 4.58 Å². The first kappa shape index (κ1) is 8.14. The van der Waals surface area contributed by atoms with Crippen LogP contribution in [0.3, 0.4) is 0 Å². The van der Waals surface area contributed by atoms with Crippen molar-refractivity contribution in [3.05, 3.63) is 12.2 Å². The van der Waals surface area contributed by atoms with Gasteiger partial charge in [-0.2, -0.15) is 9.68 Å². The van der Waals surface area contributed by atoms with Gasteiger partial charge in [0.15, 0.2) is 0 Å². The summed E-state index contributed by atoms with van der Waals surface area (Å²) in [7, 11) is 0. The maximum atomic E-state index is 9.92. The Hall–Kier alpha value is -0.960. The third-order valence-electron chi connectivity index (χ3n) is 1.17. The van der Waals surface area contributed by atoms with Crippen LogP contribution in [0.2, 0.25) is 0 Å². The number of hydrogen-bond donors (Lipinski definition) is 0. The van der Waals surface area contributed by atoms with Crippen LogP contribution in [0.15, 0.2) is 12.2 Å². The highest BCUT2D eigenvalue weighted by Gasteiger charge is 2.45. The second-order valence-corrected chi connectivity index (χ2v) is 2.51. The van der Waals surface area contributed by atoms with E-state index in [2.05, 4.69) is 6.58 Å². The van der Waals surface area contributed by atoms with Crippen LogP contribution in [-0.2, 0) is 14.6 Å². The Balaban J connectivity index is 2.06. The molecule has 4 nitrogen and oxygen atoms in total. The topological polar surface area (TPSA) is 38.5 Å². The SMILES string of the molecule is C=C(C)COOC1C[N+]1=C=O. The molecule has 0 aromatic carbocycles. The van der Waals surface area contributed by atoms with Gasteiger partial charge in [0.2, 0.25) is 6.54 Å². The molecule has 1 aliphatic heterocycles. The van der Waals surface area contributed by atoms with E-state index >= 15 is 0 Å². The van der Waals surface area contributed by atoms with Crippen LogP contribution in [0.25, 0.3) is 0 Å². The van der Waals surface area contributed by atoms with Crippen LogP contribution >= 0.6 is 0 Å². The Bertz CT molecular complexity index is 218. The predicted octanol–water partition coefficient (Wildman–Crippen LogP) is 0.199. The van der Waals surface area contributed by atoms with Crippen LogP contribution in [0.4, 0.5) is 0 Å². The zero-order valence-corrected chi connectivity index (χ0v) is 6.37. The summed E-state index contributed by atoms with van der Waals surface area (Å²) in [5, 5.41) is 0. The van der Waals surface area contributed by atoms with Gasteiger partial charge in [-0.1, -0.05) is 12.2 Å². The lowest BCUT2D eigenvalue weighted by Crippen LogP contribution is -2.01. The van der Waals surface area contributed by atoms with Crippen LogP contribution in [0, 0.1) is 0 Å². The molecule has 0 saturated carbocycles. The van der Waals surface area contributed by atoms with Gasteiger partial charge in [0, 0.05) is 0 Å². The fourth-order valence-corrected chi connectivity index (χ4v) is 0.513. The fraction of sp³-hybridized carbons (Fsp3) is 0.571. The van der Waals surface area contributed by atoms with Crippen molar-refractivity contribution in [2.24, 2.45) is 0 Å². The lowest BCUT2D eigenvalue weighted by Gasteiger charge is -1.95. The van der Waals surface area contributed by atoms with E-state index in [-0.39, 0.29) is 6.23 Å². The summed E-state index contributed by atoms with van der Waals surface area (Å²) in [5.41, 5.74) is 0.882. The van der Waals surface area contributed by atoms with Crippen LogP contribution in [-0.4, -0.2) is 30.0 Å².